The molecule has 6 nitrogen and oxygen atoms in total. The number of hydrogen-bond donors (Lipinski definition) is 0. The monoisotopic (exact) mass is 325 g/mol. The van der Waals surface area contributed by atoms with Gasteiger partial charge < -0.3 is 0 Å². The molecule has 0 bridgehead atoms. The van der Waals surface area contributed by atoms with Gasteiger partial charge in [-0.15, -0.1) is 11.3 Å². The van der Waals surface area contributed by atoms with Crippen LogP contribution in [0.2, 0.25) is 0 Å². The Kier molecular flexibility index (Phi) is 3.99. The Bertz CT molecular complexity index is 840. The van der Waals surface area contributed by atoms with E-state index in [9.17, 15) is 13.6 Å². The molecule has 0 atom stereocenters. The van der Waals surface area contributed by atoms with E-state index in [0.717, 1.165) is 4.57 Å². The van der Waals surface area contributed by atoms with E-state index in [1.807, 2.05) is 0 Å². The highest BCUT2D eigenvalue weighted by atomic mass is 32.1. The van der Waals surface area contributed by atoms with Crippen LogP contribution in [0.4, 0.5) is 8.78 Å². The topological polar surface area (TPSA) is 55.4 Å². The third-order valence-corrected chi connectivity index (χ3v) is 3.92. The molecule has 0 aliphatic heterocycles. The summed E-state index contributed by atoms with van der Waals surface area (Å²) in [6.07, 6.45) is 4.26. The van der Waals surface area contributed by atoms with Crippen LogP contribution >= 0.6 is 11.3 Å². The lowest BCUT2D eigenvalue weighted by molar-refractivity contribution is 0.0644. The zero-order valence-corrected chi connectivity index (χ0v) is 12.5. The molecule has 0 aromatic carbocycles. The van der Waals surface area contributed by atoms with Gasteiger partial charge in [0.1, 0.15) is 5.82 Å². The Morgan fingerprint density at radius 2 is 2.18 bits per heavy atom. The number of thiazole rings is 1. The molecule has 0 saturated carbocycles. The molecule has 116 valence electrons. The molecule has 0 radical (unpaired) electrons. The Labute approximate surface area is 128 Å². The molecule has 0 spiro atoms. The summed E-state index contributed by atoms with van der Waals surface area (Å²) in [5.74, 6) is 0.270. The first kappa shape index (κ1) is 14.8. The molecule has 0 aliphatic rings. The second kappa shape index (κ2) is 5.93. The van der Waals surface area contributed by atoms with E-state index < -0.39 is 6.55 Å². The zero-order chi connectivity index (χ0) is 15.7. The average molecular weight is 325 g/mol. The molecule has 0 saturated heterocycles. The molecule has 3 aromatic rings. The first-order valence-corrected chi connectivity index (χ1v) is 7.37. The molecule has 0 N–H and O–H groups in total. The fraction of sp³-hybridized carbons (Fsp3) is 0.308. The van der Waals surface area contributed by atoms with Crippen LogP contribution in [0, 0.1) is 0 Å². The van der Waals surface area contributed by atoms with Gasteiger partial charge in [-0.2, -0.15) is 8.78 Å². The highest BCUT2D eigenvalue weighted by molar-refractivity contribution is 7.15. The number of imidazole rings is 1. The van der Waals surface area contributed by atoms with Crippen LogP contribution in [0.3, 0.4) is 0 Å². The summed E-state index contributed by atoms with van der Waals surface area (Å²) < 4.78 is 27.8. The SMILES string of the molecule is CN(Cc1cc(=O)n2ccsc2n1)Cc1nccn1C(F)F. The predicted octanol–water partition coefficient (Wildman–Crippen LogP) is 1.98. The van der Waals surface area contributed by atoms with Gasteiger partial charge in [0.2, 0.25) is 0 Å². The molecule has 3 rings (SSSR count). The van der Waals surface area contributed by atoms with E-state index in [4.69, 9.17) is 0 Å². The van der Waals surface area contributed by atoms with Crippen molar-refractivity contribution in [1.82, 2.24) is 23.8 Å². The summed E-state index contributed by atoms with van der Waals surface area (Å²) in [5, 5.41) is 1.79. The minimum atomic E-state index is -2.61. The fourth-order valence-electron chi connectivity index (χ4n) is 2.19. The lowest BCUT2D eigenvalue weighted by Gasteiger charge is -2.16. The van der Waals surface area contributed by atoms with Gasteiger partial charge in [0.05, 0.1) is 12.2 Å². The first-order chi connectivity index (χ1) is 10.5. The summed E-state index contributed by atoms with van der Waals surface area (Å²) in [4.78, 5) is 22.6. The van der Waals surface area contributed by atoms with Crippen LogP contribution in [0.15, 0.2) is 34.8 Å². The molecule has 9 heteroatoms. The summed E-state index contributed by atoms with van der Waals surface area (Å²) in [5.41, 5.74) is 0.453. The second-order valence-corrected chi connectivity index (χ2v) is 5.72. The van der Waals surface area contributed by atoms with Gasteiger partial charge >= 0.3 is 6.55 Å². The van der Waals surface area contributed by atoms with Gasteiger partial charge in [0.25, 0.3) is 5.56 Å². The van der Waals surface area contributed by atoms with Crippen molar-refractivity contribution in [2.75, 3.05) is 7.05 Å². The van der Waals surface area contributed by atoms with Crippen molar-refractivity contribution in [2.24, 2.45) is 0 Å². The number of fused-ring (bicyclic) bond motifs is 1. The molecular formula is C13H13F2N5OS. The van der Waals surface area contributed by atoms with Gasteiger partial charge in [-0.3, -0.25) is 18.7 Å². The number of rotatable bonds is 5. The summed E-state index contributed by atoms with van der Waals surface area (Å²) >= 11 is 1.37. The van der Waals surface area contributed by atoms with Crippen LogP contribution in [0.5, 0.6) is 0 Å². The Morgan fingerprint density at radius 1 is 1.36 bits per heavy atom. The molecular weight excluding hydrogens is 312 g/mol. The van der Waals surface area contributed by atoms with Crippen LogP contribution < -0.4 is 5.56 Å². The van der Waals surface area contributed by atoms with Crippen LogP contribution in [-0.4, -0.2) is 30.9 Å². The summed E-state index contributed by atoms with van der Waals surface area (Å²) in [6.45, 7) is -2.00. The second-order valence-electron chi connectivity index (χ2n) is 4.84. The third kappa shape index (κ3) is 2.90. The highest BCUT2D eigenvalue weighted by Crippen LogP contribution is 2.14. The van der Waals surface area contributed by atoms with Gasteiger partial charge in [-0.1, -0.05) is 0 Å². The Hall–Kier alpha value is -2.13. The van der Waals surface area contributed by atoms with Gasteiger partial charge in [-0.25, -0.2) is 9.97 Å². The van der Waals surface area contributed by atoms with E-state index in [-0.39, 0.29) is 17.9 Å². The zero-order valence-electron chi connectivity index (χ0n) is 11.7. The van der Waals surface area contributed by atoms with Crippen molar-refractivity contribution < 1.29 is 8.78 Å². The number of hydrogen-bond acceptors (Lipinski definition) is 5. The van der Waals surface area contributed by atoms with Crippen molar-refractivity contribution >= 4 is 16.3 Å². The summed E-state index contributed by atoms with van der Waals surface area (Å²) in [7, 11) is 1.77. The number of nitrogens with zero attached hydrogens (tertiary/aromatic N) is 5. The largest absolute Gasteiger partial charge is 0.319 e. The maximum absolute atomic E-state index is 12.8. The maximum atomic E-state index is 12.8. The molecule has 0 unspecified atom stereocenters. The molecule has 3 aromatic heterocycles. The van der Waals surface area contributed by atoms with Crippen molar-refractivity contribution in [3.8, 4) is 0 Å². The molecule has 0 fully saturated rings. The minimum absolute atomic E-state index is 0.149. The van der Waals surface area contributed by atoms with E-state index in [2.05, 4.69) is 9.97 Å². The van der Waals surface area contributed by atoms with Crippen LogP contribution in [0.1, 0.15) is 18.1 Å². The Morgan fingerprint density at radius 3 is 2.95 bits per heavy atom. The fourth-order valence-corrected chi connectivity index (χ4v) is 2.93. The van der Waals surface area contributed by atoms with Crippen LogP contribution in [0.25, 0.3) is 4.96 Å². The third-order valence-electron chi connectivity index (χ3n) is 3.16. The first-order valence-electron chi connectivity index (χ1n) is 6.49. The maximum Gasteiger partial charge on any atom is 0.319 e. The highest BCUT2D eigenvalue weighted by Gasteiger charge is 2.14. The standard InChI is InChI=1S/C13H13F2N5OS/c1-18(8-10-16-2-3-19(10)12(14)15)7-9-6-11(21)20-4-5-22-13(20)17-9/h2-6,12H,7-8H2,1H3. The lowest BCUT2D eigenvalue weighted by Crippen LogP contribution is -2.23. The van der Waals surface area contributed by atoms with Gasteiger partial charge in [-0.05, 0) is 7.05 Å². The van der Waals surface area contributed by atoms with Crippen molar-refractivity contribution in [3.63, 3.8) is 0 Å². The number of alkyl halides is 2. The van der Waals surface area contributed by atoms with Crippen molar-refractivity contribution in [2.45, 2.75) is 19.6 Å². The minimum Gasteiger partial charge on any atom is -0.293 e. The van der Waals surface area contributed by atoms with E-state index >= 15 is 0 Å². The molecule has 3 heterocycles. The lowest BCUT2D eigenvalue weighted by atomic mass is 10.3. The molecule has 0 aliphatic carbocycles. The van der Waals surface area contributed by atoms with Crippen LogP contribution in [-0.2, 0) is 13.1 Å². The molecule has 0 amide bonds. The smallest absolute Gasteiger partial charge is 0.293 e. The van der Waals surface area contributed by atoms with E-state index in [1.54, 1.807) is 23.5 Å². The summed E-state index contributed by atoms with van der Waals surface area (Å²) in [6, 6.07) is 1.45. The molecule has 22 heavy (non-hydrogen) atoms. The quantitative estimate of drug-likeness (QED) is 0.720. The average Bonchev–Trinajstić information content (AvgIpc) is 3.07. The number of halogens is 2. The Balaban J connectivity index is 1.76. The number of aromatic nitrogens is 4. The van der Waals surface area contributed by atoms with Gasteiger partial charge in [0.15, 0.2) is 4.96 Å². The van der Waals surface area contributed by atoms with E-state index in [1.165, 1.54) is 34.2 Å². The normalized spacial score (nSPS) is 11.9. The van der Waals surface area contributed by atoms with E-state index in [0.29, 0.717) is 17.2 Å². The van der Waals surface area contributed by atoms with Crippen molar-refractivity contribution in [3.05, 3.63) is 51.9 Å². The van der Waals surface area contributed by atoms with Crippen molar-refractivity contribution in [1.29, 1.82) is 0 Å². The predicted molar refractivity (Wildman–Crippen MR) is 78.0 cm³/mol. The van der Waals surface area contributed by atoms with Gasteiger partial charge in [0, 0.05) is 36.6 Å².